The van der Waals surface area contributed by atoms with E-state index >= 15 is 0 Å². The minimum absolute atomic E-state index is 0.909. The Morgan fingerprint density at radius 1 is 0.377 bits per heavy atom. The second kappa shape index (κ2) is 14.1. The molecular weight excluding hydrogens is 853 g/mol. The van der Waals surface area contributed by atoms with Crippen LogP contribution in [0.2, 0.25) is 4.94 Å². The Bertz CT molecular complexity index is 2760. The Kier molecular flexibility index (Phi) is 8.66. The Hall–Kier alpha value is -6.44. The van der Waals surface area contributed by atoms with Crippen LogP contribution in [0.25, 0.3) is 0 Å². The molecule has 3 aliphatic heterocycles. The number of nitrogens with zero attached hydrogens (tertiary/aromatic N) is 3. The predicted molar refractivity (Wildman–Crippen MR) is 256 cm³/mol. The predicted octanol–water partition coefficient (Wildman–Crippen LogP) is 13.6. The summed E-state index contributed by atoms with van der Waals surface area (Å²) in [5.74, 6) is 3.67. The topological polar surface area (TPSA) is 28.2 Å². The molecule has 5 nitrogen and oxygen atoms in total. The summed E-state index contributed by atoms with van der Waals surface area (Å²) >= 11 is -4.12. The molecule has 3 aliphatic rings. The van der Waals surface area contributed by atoms with Crippen molar-refractivity contribution in [2.75, 3.05) is 14.7 Å². The zero-order valence-corrected chi connectivity index (χ0v) is 38.5. The molecule has 61 heavy (non-hydrogen) atoms. The second-order valence-electron chi connectivity index (χ2n) is 17.3. The van der Waals surface area contributed by atoms with E-state index in [1.165, 1.54) is 49.9 Å². The van der Waals surface area contributed by atoms with Crippen LogP contribution >= 0.6 is 0 Å². The third-order valence-electron chi connectivity index (χ3n) is 12.8. The maximum absolute atomic E-state index is 7.43. The van der Waals surface area contributed by atoms with E-state index in [0.29, 0.717) is 0 Å². The molecular formula is C55H47N3O2Sn. The number of hydrogen-bond donors (Lipinski definition) is 0. The van der Waals surface area contributed by atoms with Crippen LogP contribution in [0.4, 0.5) is 51.2 Å². The Balaban J connectivity index is 1.25. The summed E-state index contributed by atoms with van der Waals surface area (Å²) in [5.41, 5.74) is 17.0. The number of rotatable bonds is 7. The van der Waals surface area contributed by atoms with Crippen LogP contribution in [0.3, 0.4) is 0 Å². The van der Waals surface area contributed by atoms with Crippen molar-refractivity contribution in [3.8, 4) is 23.0 Å². The van der Waals surface area contributed by atoms with Crippen molar-refractivity contribution in [1.82, 2.24) is 0 Å². The van der Waals surface area contributed by atoms with Crippen LogP contribution in [0.5, 0.6) is 23.0 Å². The van der Waals surface area contributed by atoms with Gasteiger partial charge < -0.3 is 0 Å². The molecule has 0 unspecified atom stereocenters. The zero-order valence-electron chi connectivity index (χ0n) is 35.7. The molecule has 0 saturated carbocycles. The molecule has 6 heteroatoms. The molecule has 0 saturated heterocycles. The number of aryl methyl sites for hydroxylation is 6. The van der Waals surface area contributed by atoms with Gasteiger partial charge in [0.2, 0.25) is 0 Å². The van der Waals surface area contributed by atoms with Gasteiger partial charge in [0.1, 0.15) is 0 Å². The third-order valence-corrected chi connectivity index (χ3v) is 25.5. The first-order valence-electron chi connectivity index (χ1n) is 21.2. The van der Waals surface area contributed by atoms with Gasteiger partial charge in [0.05, 0.1) is 0 Å². The zero-order chi connectivity index (χ0) is 41.7. The first kappa shape index (κ1) is 37.6. The van der Waals surface area contributed by atoms with Gasteiger partial charge in [0, 0.05) is 0 Å². The first-order chi connectivity index (χ1) is 29.6. The average Bonchev–Trinajstić information content (AvgIpc) is 3.25. The molecule has 0 aliphatic carbocycles. The summed E-state index contributed by atoms with van der Waals surface area (Å²) in [6.07, 6.45) is 0. The SMILES string of the molecule is Cc1ccc(N(c2ccc(C)cc2)c2ccc3[c]4c2Oc2cc(C)cc5[c]2[Sn]4([CH3])[c]2c(ccc(N(c4ccc(C)cc4)c4ccc(C)cc4)c2O5)N3c2ccc(C)cc2)cc1. The average molecular weight is 901 g/mol. The van der Waals surface area contributed by atoms with Gasteiger partial charge in [-0.1, -0.05) is 0 Å². The first-order valence-corrected chi connectivity index (χ1v) is 28.3. The molecule has 0 aromatic heterocycles. The van der Waals surface area contributed by atoms with E-state index in [4.69, 9.17) is 9.47 Å². The molecule has 0 spiro atoms. The fourth-order valence-corrected chi connectivity index (χ4v) is 23.0. The van der Waals surface area contributed by atoms with E-state index in [9.17, 15) is 0 Å². The summed E-state index contributed by atoms with van der Waals surface area (Å²) in [6, 6.07) is 58.0. The van der Waals surface area contributed by atoms with Crippen molar-refractivity contribution >= 4 is 80.3 Å². The molecule has 0 bridgehead atoms. The summed E-state index contributed by atoms with van der Waals surface area (Å²) in [4.78, 5) is 9.82. The Morgan fingerprint density at radius 2 is 0.705 bits per heavy atom. The number of benzene rings is 8. The summed E-state index contributed by atoms with van der Waals surface area (Å²) in [5, 5.41) is 0. The van der Waals surface area contributed by atoms with Crippen molar-refractivity contribution in [2.24, 2.45) is 0 Å². The molecule has 3 heterocycles. The van der Waals surface area contributed by atoms with E-state index in [-0.39, 0.29) is 0 Å². The van der Waals surface area contributed by atoms with Crippen LogP contribution < -0.4 is 34.9 Å². The van der Waals surface area contributed by atoms with Gasteiger partial charge in [-0.05, 0) is 0 Å². The second-order valence-corrected chi connectivity index (χ2v) is 28.0. The quantitative estimate of drug-likeness (QED) is 0.149. The molecule has 0 N–H and O–H groups in total. The molecule has 0 atom stereocenters. The van der Waals surface area contributed by atoms with Gasteiger partial charge in [-0.2, -0.15) is 0 Å². The molecule has 8 aromatic rings. The number of anilines is 9. The van der Waals surface area contributed by atoms with Gasteiger partial charge in [0.25, 0.3) is 0 Å². The minimum atomic E-state index is -4.12. The summed E-state index contributed by atoms with van der Waals surface area (Å²) in [6.45, 7) is 12.9. The van der Waals surface area contributed by atoms with E-state index in [1.807, 2.05) is 0 Å². The van der Waals surface area contributed by atoms with E-state index in [0.717, 1.165) is 68.4 Å². The monoisotopic (exact) mass is 901 g/mol. The molecule has 11 rings (SSSR count). The van der Waals surface area contributed by atoms with Crippen LogP contribution in [-0.4, -0.2) is 18.4 Å². The third kappa shape index (κ3) is 5.88. The molecule has 0 amide bonds. The van der Waals surface area contributed by atoms with Crippen molar-refractivity contribution in [3.05, 3.63) is 191 Å². The molecule has 0 radical (unpaired) electrons. The summed E-state index contributed by atoms with van der Waals surface area (Å²) in [7, 11) is 0. The van der Waals surface area contributed by atoms with Gasteiger partial charge in [0.15, 0.2) is 0 Å². The van der Waals surface area contributed by atoms with E-state index < -0.39 is 18.4 Å². The number of ether oxygens (including phenoxy) is 2. The van der Waals surface area contributed by atoms with Gasteiger partial charge in [-0.3, -0.25) is 0 Å². The van der Waals surface area contributed by atoms with Crippen LogP contribution in [-0.2, 0) is 0 Å². The number of hydrogen-bond acceptors (Lipinski definition) is 5. The molecule has 0 fully saturated rings. The van der Waals surface area contributed by atoms with Gasteiger partial charge >= 0.3 is 365 Å². The van der Waals surface area contributed by atoms with E-state index in [2.05, 4.69) is 219 Å². The molecule has 8 aromatic carbocycles. The van der Waals surface area contributed by atoms with Gasteiger partial charge in [-0.25, -0.2) is 0 Å². The van der Waals surface area contributed by atoms with Crippen molar-refractivity contribution < 1.29 is 9.47 Å². The normalized spacial score (nSPS) is 13.5. The maximum atomic E-state index is 7.43. The fourth-order valence-electron chi connectivity index (χ4n) is 9.72. The van der Waals surface area contributed by atoms with Crippen LogP contribution in [0.1, 0.15) is 33.4 Å². The van der Waals surface area contributed by atoms with Crippen molar-refractivity contribution in [2.45, 2.75) is 46.5 Å². The van der Waals surface area contributed by atoms with Crippen LogP contribution in [0, 0.1) is 41.5 Å². The Labute approximate surface area is 362 Å². The standard InChI is InChI=1S/C54H44N3O2.CH3.Sn/c1-36-7-17-42(18-8-36)55-47-27-29-51(56(43-19-9-37(2)10-20-43)44-21-11-38(3)12-22-44)53(33-47)58-49-31-41(6)32-50(35-49)59-54-34-48(55)28-30-52(54)57(45-23-13-39(4)14-24-45)46-25-15-40(5)16-26-46;;/h7-32H,1-6H3;1H3;. The van der Waals surface area contributed by atoms with Gasteiger partial charge in [-0.15, -0.1) is 0 Å². The summed E-state index contributed by atoms with van der Waals surface area (Å²) < 4.78 is 18.8. The van der Waals surface area contributed by atoms with Crippen LogP contribution in [0.15, 0.2) is 158 Å². The van der Waals surface area contributed by atoms with Crippen molar-refractivity contribution in [1.29, 1.82) is 0 Å². The Morgan fingerprint density at radius 3 is 1.05 bits per heavy atom. The van der Waals surface area contributed by atoms with Crippen molar-refractivity contribution in [3.63, 3.8) is 0 Å². The fraction of sp³-hybridized carbons (Fsp3) is 0.127. The molecule has 298 valence electrons. The van der Waals surface area contributed by atoms with E-state index in [1.54, 1.807) is 0 Å².